The van der Waals surface area contributed by atoms with Crippen molar-refractivity contribution in [2.75, 3.05) is 0 Å². The van der Waals surface area contributed by atoms with Crippen molar-refractivity contribution in [3.05, 3.63) is 90.4 Å². The average molecular weight is 408 g/mol. The molecule has 0 bridgehead atoms. The van der Waals surface area contributed by atoms with Gasteiger partial charge in [0, 0.05) is 11.1 Å². The molecule has 0 saturated carbocycles. The van der Waals surface area contributed by atoms with Crippen LogP contribution in [0.4, 0.5) is 0 Å². The molecule has 3 heterocycles. The molecular weight excluding hydrogens is 392 g/mol. The van der Waals surface area contributed by atoms with E-state index in [1.165, 1.54) is 11.8 Å². The molecule has 0 aliphatic heterocycles. The van der Waals surface area contributed by atoms with Gasteiger partial charge in [0.15, 0.2) is 0 Å². The van der Waals surface area contributed by atoms with Crippen molar-refractivity contribution >= 4 is 22.8 Å². The Morgan fingerprint density at radius 3 is 2.57 bits per heavy atom. The minimum Gasteiger partial charge on any atom is -0.464 e. The minimum absolute atomic E-state index is 0.505. The van der Waals surface area contributed by atoms with E-state index in [-0.39, 0.29) is 0 Å². The molecule has 5 nitrogen and oxygen atoms in total. The first kappa shape index (κ1) is 18.2. The minimum atomic E-state index is 0.505. The smallest absolute Gasteiger partial charge is 0.135 e. The summed E-state index contributed by atoms with van der Waals surface area (Å²) in [4.78, 5) is 12.8. The van der Waals surface area contributed by atoms with Crippen molar-refractivity contribution < 1.29 is 4.42 Å². The Morgan fingerprint density at radius 1 is 0.967 bits per heavy atom. The number of furan rings is 1. The molecule has 0 unspecified atom stereocenters. The Hall–Kier alpha value is -3.82. The number of rotatable bonds is 5. The van der Waals surface area contributed by atoms with Gasteiger partial charge in [-0.3, -0.25) is 0 Å². The molecule has 0 saturated heterocycles. The molecule has 144 valence electrons. The fraction of sp³-hybridized carbons (Fsp3) is 0.0417. The number of pyridine rings is 1. The highest BCUT2D eigenvalue weighted by Crippen LogP contribution is 2.35. The molecule has 0 atom stereocenters. The van der Waals surface area contributed by atoms with E-state index in [9.17, 15) is 5.26 Å². The Labute approximate surface area is 177 Å². The maximum atomic E-state index is 9.90. The van der Waals surface area contributed by atoms with Crippen molar-refractivity contribution in [3.63, 3.8) is 0 Å². The summed E-state index contributed by atoms with van der Waals surface area (Å²) in [5, 5.41) is 10.6. The maximum Gasteiger partial charge on any atom is 0.135 e. The number of benzene rings is 2. The topological polar surface area (TPSA) is 78.5 Å². The highest BCUT2D eigenvalue weighted by atomic mass is 32.2. The van der Waals surface area contributed by atoms with E-state index in [1.807, 2.05) is 72.8 Å². The molecule has 0 fully saturated rings. The van der Waals surface area contributed by atoms with E-state index in [0.29, 0.717) is 22.1 Å². The molecule has 30 heavy (non-hydrogen) atoms. The fourth-order valence-corrected chi connectivity index (χ4v) is 4.20. The third kappa shape index (κ3) is 3.47. The van der Waals surface area contributed by atoms with Gasteiger partial charge in [0.1, 0.15) is 22.7 Å². The molecule has 1 N–H and O–H groups in total. The van der Waals surface area contributed by atoms with Gasteiger partial charge >= 0.3 is 0 Å². The van der Waals surface area contributed by atoms with Crippen LogP contribution in [0.5, 0.6) is 0 Å². The van der Waals surface area contributed by atoms with Crippen molar-refractivity contribution in [3.8, 4) is 28.7 Å². The number of imidazole rings is 1. The Kier molecular flexibility index (Phi) is 4.80. The zero-order chi connectivity index (χ0) is 20.3. The summed E-state index contributed by atoms with van der Waals surface area (Å²) in [6, 6.07) is 25.8. The van der Waals surface area contributed by atoms with E-state index in [0.717, 1.165) is 33.7 Å². The number of fused-ring (bicyclic) bond motifs is 1. The molecule has 0 aliphatic carbocycles. The van der Waals surface area contributed by atoms with Crippen molar-refractivity contribution in [1.29, 1.82) is 5.26 Å². The number of nitriles is 1. The maximum absolute atomic E-state index is 9.90. The van der Waals surface area contributed by atoms with Gasteiger partial charge in [-0.05, 0) is 30.3 Å². The van der Waals surface area contributed by atoms with Crippen LogP contribution in [-0.4, -0.2) is 15.0 Å². The molecule has 3 aromatic heterocycles. The van der Waals surface area contributed by atoms with Gasteiger partial charge in [-0.1, -0.05) is 54.2 Å². The summed E-state index contributed by atoms with van der Waals surface area (Å²) in [6.45, 7) is 0. The summed E-state index contributed by atoms with van der Waals surface area (Å²) in [5.41, 5.74) is 4.95. The van der Waals surface area contributed by atoms with Gasteiger partial charge in [0.05, 0.1) is 34.3 Å². The predicted molar refractivity (Wildman–Crippen MR) is 118 cm³/mol. The quantitative estimate of drug-likeness (QED) is 0.358. The van der Waals surface area contributed by atoms with Gasteiger partial charge < -0.3 is 9.40 Å². The summed E-state index contributed by atoms with van der Waals surface area (Å²) in [5.74, 6) is 2.07. The summed E-state index contributed by atoms with van der Waals surface area (Å²) < 4.78 is 5.60. The summed E-state index contributed by atoms with van der Waals surface area (Å²) in [6.07, 6.45) is 1.61. The fourth-order valence-electron chi connectivity index (χ4n) is 3.33. The second kappa shape index (κ2) is 7.90. The van der Waals surface area contributed by atoms with E-state index in [1.54, 1.807) is 6.26 Å². The first-order chi connectivity index (χ1) is 14.8. The number of hydrogen-bond donors (Lipinski definition) is 1. The van der Waals surface area contributed by atoms with Crippen LogP contribution in [0.15, 0.2) is 88.5 Å². The number of para-hydroxylation sites is 2. The Bertz CT molecular complexity index is 1320. The molecule has 0 radical (unpaired) electrons. The number of hydrogen-bond acceptors (Lipinski definition) is 5. The van der Waals surface area contributed by atoms with E-state index < -0.39 is 0 Å². The van der Waals surface area contributed by atoms with Crippen LogP contribution in [0.3, 0.4) is 0 Å². The first-order valence-corrected chi connectivity index (χ1v) is 10.4. The zero-order valence-corrected chi connectivity index (χ0v) is 16.7. The second-order valence-electron chi connectivity index (χ2n) is 6.68. The molecular formula is C24H16N4OS. The van der Waals surface area contributed by atoms with Gasteiger partial charge in [0.25, 0.3) is 0 Å². The first-order valence-electron chi connectivity index (χ1n) is 9.42. The van der Waals surface area contributed by atoms with Crippen LogP contribution in [0.25, 0.3) is 33.6 Å². The number of thioether (sulfide) groups is 1. The van der Waals surface area contributed by atoms with Gasteiger partial charge in [-0.25, -0.2) is 9.97 Å². The van der Waals surface area contributed by atoms with E-state index in [2.05, 4.69) is 16.0 Å². The molecule has 5 rings (SSSR count). The van der Waals surface area contributed by atoms with Crippen LogP contribution < -0.4 is 0 Å². The third-order valence-corrected chi connectivity index (χ3v) is 5.72. The van der Waals surface area contributed by atoms with Gasteiger partial charge in [-0.15, -0.1) is 0 Å². The van der Waals surface area contributed by atoms with Crippen LogP contribution >= 0.6 is 11.8 Å². The van der Waals surface area contributed by atoms with E-state index >= 15 is 0 Å². The number of aromatic amines is 1. The molecule has 5 aromatic rings. The summed E-state index contributed by atoms with van der Waals surface area (Å²) >= 11 is 1.49. The van der Waals surface area contributed by atoms with Gasteiger partial charge in [-0.2, -0.15) is 5.26 Å². The van der Waals surface area contributed by atoms with Crippen LogP contribution in [0.2, 0.25) is 0 Å². The molecule has 0 aliphatic rings. The predicted octanol–water partition coefficient (Wildman–Crippen LogP) is 6.05. The lowest BCUT2D eigenvalue weighted by Gasteiger charge is -2.10. The summed E-state index contributed by atoms with van der Waals surface area (Å²) in [7, 11) is 0. The number of nitrogens with one attached hydrogen (secondary N) is 1. The lowest BCUT2D eigenvalue weighted by molar-refractivity contribution is 0.582. The standard InChI is InChI=1S/C24H16N4OS/c25-14-18-17(22-11-6-12-29-22)13-21(16-7-2-1-3-8-16)28-24(18)30-15-23-26-19-9-4-5-10-20(19)27-23/h1-13H,15H2,(H,26,27). The Balaban J connectivity index is 1.57. The number of H-pyrrole nitrogens is 1. The number of nitrogens with zero attached hydrogens (tertiary/aromatic N) is 3. The molecule has 0 spiro atoms. The lowest BCUT2D eigenvalue weighted by atomic mass is 10.0. The van der Waals surface area contributed by atoms with Gasteiger partial charge in [0.2, 0.25) is 0 Å². The van der Waals surface area contributed by atoms with E-state index in [4.69, 9.17) is 9.40 Å². The number of aromatic nitrogens is 3. The van der Waals surface area contributed by atoms with Crippen LogP contribution in [0.1, 0.15) is 11.4 Å². The Morgan fingerprint density at radius 2 is 1.80 bits per heavy atom. The average Bonchev–Trinajstić information content (AvgIpc) is 3.47. The molecule has 2 aromatic carbocycles. The van der Waals surface area contributed by atoms with Crippen molar-refractivity contribution in [1.82, 2.24) is 15.0 Å². The lowest BCUT2D eigenvalue weighted by Crippen LogP contribution is -1.96. The molecule has 6 heteroatoms. The normalized spacial score (nSPS) is 10.9. The second-order valence-corrected chi connectivity index (χ2v) is 7.64. The van der Waals surface area contributed by atoms with Crippen molar-refractivity contribution in [2.24, 2.45) is 0 Å². The third-order valence-electron chi connectivity index (χ3n) is 4.74. The largest absolute Gasteiger partial charge is 0.464 e. The highest BCUT2D eigenvalue weighted by molar-refractivity contribution is 7.98. The van der Waals surface area contributed by atoms with Crippen LogP contribution in [0, 0.1) is 11.3 Å². The van der Waals surface area contributed by atoms with Crippen LogP contribution in [-0.2, 0) is 5.75 Å². The zero-order valence-electron chi connectivity index (χ0n) is 15.9. The molecule has 0 amide bonds. The van der Waals surface area contributed by atoms with Crippen molar-refractivity contribution in [2.45, 2.75) is 10.8 Å². The highest BCUT2D eigenvalue weighted by Gasteiger charge is 2.18. The monoisotopic (exact) mass is 408 g/mol. The SMILES string of the molecule is N#Cc1c(-c2ccco2)cc(-c2ccccc2)nc1SCc1nc2ccccc2[nH]1.